The predicted molar refractivity (Wildman–Crippen MR) is 60.7 cm³/mol. The van der Waals surface area contributed by atoms with Gasteiger partial charge in [-0.1, -0.05) is 13.8 Å². The Balaban J connectivity index is 2.58. The average molecular weight is 205 g/mol. The van der Waals surface area contributed by atoms with Crippen molar-refractivity contribution < 1.29 is 0 Å². The van der Waals surface area contributed by atoms with Crippen molar-refractivity contribution in [2.75, 3.05) is 0 Å². The van der Waals surface area contributed by atoms with Gasteiger partial charge >= 0.3 is 0 Å². The maximum Gasteiger partial charge on any atom is 0.125 e. The van der Waals surface area contributed by atoms with Crippen LogP contribution in [0.25, 0.3) is 0 Å². The Hall–Kier alpha value is -0.960. The summed E-state index contributed by atoms with van der Waals surface area (Å²) in [7, 11) is 0. The second-order valence-corrected chi connectivity index (χ2v) is 4.67. The van der Waals surface area contributed by atoms with Gasteiger partial charge in [-0.2, -0.15) is 0 Å². The monoisotopic (exact) mass is 205 g/mol. The predicted octanol–water partition coefficient (Wildman–Crippen LogP) is 2.24. The molecule has 0 amide bonds. The fourth-order valence-corrected chi connectivity index (χ4v) is 2.33. The van der Waals surface area contributed by atoms with Gasteiger partial charge in [0, 0.05) is 17.3 Å². The zero-order valence-electron chi connectivity index (χ0n) is 9.75. The first-order chi connectivity index (χ1) is 7.09. The molecule has 1 heterocycles. The van der Waals surface area contributed by atoms with Crippen LogP contribution in [-0.2, 0) is 6.42 Å². The van der Waals surface area contributed by atoms with E-state index in [1.807, 2.05) is 6.92 Å². The van der Waals surface area contributed by atoms with E-state index in [0.29, 0.717) is 5.92 Å². The molecule has 0 fully saturated rings. The van der Waals surface area contributed by atoms with E-state index in [1.165, 1.54) is 11.3 Å². The lowest BCUT2D eigenvalue weighted by Crippen LogP contribution is -2.22. The van der Waals surface area contributed by atoms with Gasteiger partial charge in [-0.25, -0.2) is 9.97 Å². The van der Waals surface area contributed by atoms with Crippen molar-refractivity contribution in [2.24, 2.45) is 5.73 Å². The van der Waals surface area contributed by atoms with Crippen LogP contribution >= 0.6 is 0 Å². The molecular weight excluding hydrogens is 186 g/mol. The normalized spacial score (nSPS) is 20.5. The number of hydrogen-bond acceptors (Lipinski definition) is 3. The third-order valence-corrected chi connectivity index (χ3v) is 3.01. The maximum atomic E-state index is 6.16. The van der Waals surface area contributed by atoms with Crippen molar-refractivity contribution in [3.8, 4) is 0 Å². The second-order valence-electron chi connectivity index (χ2n) is 4.67. The molecule has 0 saturated carbocycles. The molecule has 0 saturated heterocycles. The van der Waals surface area contributed by atoms with E-state index >= 15 is 0 Å². The van der Waals surface area contributed by atoms with Crippen LogP contribution in [0, 0.1) is 6.92 Å². The lowest BCUT2D eigenvalue weighted by atomic mass is 9.87. The first kappa shape index (κ1) is 10.6. The molecule has 1 aromatic heterocycles. The van der Waals surface area contributed by atoms with Gasteiger partial charge in [0.05, 0.1) is 5.69 Å². The van der Waals surface area contributed by atoms with Crippen molar-refractivity contribution in [3.63, 3.8) is 0 Å². The highest BCUT2D eigenvalue weighted by atomic mass is 14.9. The molecule has 1 atom stereocenters. The van der Waals surface area contributed by atoms with E-state index in [4.69, 9.17) is 5.73 Å². The Morgan fingerprint density at radius 2 is 2.07 bits per heavy atom. The van der Waals surface area contributed by atoms with E-state index in [2.05, 4.69) is 23.8 Å². The number of aryl methyl sites for hydroxylation is 2. The average Bonchev–Trinajstić information content (AvgIpc) is 2.16. The summed E-state index contributed by atoms with van der Waals surface area (Å²) in [5, 5.41) is 0. The van der Waals surface area contributed by atoms with Crippen LogP contribution < -0.4 is 5.73 Å². The molecule has 0 spiro atoms. The molecule has 1 unspecified atom stereocenters. The molecule has 3 nitrogen and oxygen atoms in total. The van der Waals surface area contributed by atoms with Crippen LogP contribution in [0.4, 0.5) is 0 Å². The Morgan fingerprint density at radius 3 is 2.73 bits per heavy atom. The third kappa shape index (κ3) is 1.88. The first-order valence-corrected chi connectivity index (χ1v) is 5.72. The molecule has 1 aliphatic rings. The second kappa shape index (κ2) is 3.89. The van der Waals surface area contributed by atoms with Gasteiger partial charge in [0.15, 0.2) is 0 Å². The number of rotatable bonds is 1. The number of fused-ring (bicyclic) bond motifs is 1. The fourth-order valence-electron chi connectivity index (χ4n) is 2.33. The van der Waals surface area contributed by atoms with E-state index in [9.17, 15) is 0 Å². The van der Waals surface area contributed by atoms with Gasteiger partial charge in [-0.15, -0.1) is 0 Å². The molecule has 82 valence electrons. The standard InChI is InChI=1S/C12H19N3/c1-7(2)12-11-9(13)5-4-6-10(11)14-8(3)15-12/h7,9H,4-6,13H2,1-3H3. The maximum absolute atomic E-state index is 6.16. The summed E-state index contributed by atoms with van der Waals surface area (Å²) in [5.74, 6) is 1.32. The molecule has 2 rings (SSSR count). The minimum atomic E-state index is 0.145. The fraction of sp³-hybridized carbons (Fsp3) is 0.667. The number of aromatic nitrogens is 2. The van der Waals surface area contributed by atoms with E-state index in [-0.39, 0.29) is 6.04 Å². The minimum absolute atomic E-state index is 0.145. The molecule has 1 aromatic rings. The molecule has 0 radical (unpaired) electrons. The summed E-state index contributed by atoms with van der Waals surface area (Å²) in [5.41, 5.74) is 9.72. The van der Waals surface area contributed by atoms with Crippen LogP contribution in [0.3, 0.4) is 0 Å². The minimum Gasteiger partial charge on any atom is -0.324 e. The summed E-state index contributed by atoms with van der Waals surface area (Å²) in [6.45, 7) is 6.30. The Morgan fingerprint density at radius 1 is 1.33 bits per heavy atom. The summed E-state index contributed by atoms with van der Waals surface area (Å²) in [6, 6.07) is 0.145. The quantitative estimate of drug-likeness (QED) is 0.765. The Labute approximate surface area is 91.1 Å². The van der Waals surface area contributed by atoms with Gasteiger partial charge in [-0.05, 0) is 32.1 Å². The molecule has 2 N–H and O–H groups in total. The lowest BCUT2D eigenvalue weighted by molar-refractivity contribution is 0.540. The molecule has 0 bridgehead atoms. The van der Waals surface area contributed by atoms with E-state index < -0.39 is 0 Å². The molecule has 3 heteroatoms. The summed E-state index contributed by atoms with van der Waals surface area (Å²) < 4.78 is 0. The smallest absolute Gasteiger partial charge is 0.125 e. The highest BCUT2D eigenvalue weighted by molar-refractivity contribution is 5.33. The van der Waals surface area contributed by atoms with Gasteiger partial charge in [0.2, 0.25) is 0 Å². The van der Waals surface area contributed by atoms with Crippen LogP contribution in [0.5, 0.6) is 0 Å². The van der Waals surface area contributed by atoms with Crippen molar-refractivity contribution in [2.45, 2.75) is 52.0 Å². The van der Waals surface area contributed by atoms with E-state index in [0.717, 1.165) is 30.8 Å². The molecule has 15 heavy (non-hydrogen) atoms. The summed E-state index contributed by atoms with van der Waals surface area (Å²) in [4.78, 5) is 9.06. The zero-order valence-corrected chi connectivity index (χ0v) is 9.75. The SMILES string of the molecule is Cc1nc2c(c(C(C)C)n1)C(N)CCC2. The van der Waals surface area contributed by atoms with Crippen molar-refractivity contribution in [1.29, 1.82) is 0 Å². The Kier molecular flexibility index (Phi) is 2.74. The highest BCUT2D eigenvalue weighted by Crippen LogP contribution is 2.31. The zero-order chi connectivity index (χ0) is 11.0. The van der Waals surface area contributed by atoms with Crippen molar-refractivity contribution >= 4 is 0 Å². The topological polar surface area (TPSA) is 51.8 Å². The van der Waals surface area contributed by atoms with Gasteiger partial charge in [0.25, 0.3) is 0 Å². The highest BCUT2D eigenvalue weighted by Gasteiger charge is 2.24. The van der Waals surface area contributed by atoms with Crippen LogP contribution in [0.2, 0.25) is 0 Å². The molecule has 0 aliphatic heterocycles. The van der Waals surface area contributed by atoms with Crippen LogP contribution in [-0.4, -0.2) is 9.97 Å². The lowest BCUT2D eigenvalue weighted by Gasteiger charge is -2.25. The van der Waals surface area contributed by atoms with Gasteiger partial charge < -0.3 is 5.73 Å². The number of nitrogens with zero attached hydrogens (tertiary/aromatic N) is 2. The molecular formula is C12H19N3. The van der Waals surface area contributed by atoms with E-state index in [1.54, 1.807) is 0 Å². The first-order valence-electron chi connectivity index (χ1n) is 5.72. The van der Waals surface area contributed by atoms with Gasteiger partial charge in [-0.3, -0.25) is 0 Å². The summed E-state index contributed by atoms with van der Waals surface area (Å²) >= 11 is 0. The third-order valence-electron chi connectivity index (χ3n) is 3.01. The molecule has 1 aliphatic carbocycles. The molecule has 0 aromatic carbocycles. The largest absolute Gasteiger partial charge is 0.324 e. The van der Waals surface area contributed by atoms with Crippen LogP contribution in [0.1, 0.15) is 61.4 Å². The van der Waals surface area contributed by atoms with Crippen LogP contribution in [0.15, 0.2) is 0 Å². The van der Waals surface area contributed by atoms with Crippen molar-refractivity contribution in [3.05, 3.63) is 22.8 Å². The number of hydrogen-bond donors (Lipinski definition) is 1. The van der Waals surface area contributed by atoms with Crippen molar-refractivity contribution in [1.82, 2.24) is 9.97 Å². The number of nitrogens with two attached hydrogens (primary N) is 1. The van der Waals surface area contributed by atoms with Gasteiger partial charge in [0.1, 0.15) is 5.82 Å². The Bertz CT molecular complexity index is 371. The summed E-state index contributed by atoms with van der Waals surface area (Å²) in [6.07, 6.45) is 3.29.